The topological polar surface area (TPSA) is 112 Å². The largest absolute Gasteiger partial charge is 0.492 e. The van der Waals surface area contributed by atoms with Crippen molar-refractivity contribution in [2.24, 2.45) is 5.73 Å². The fourth-order valence-electron chi connectivity index (χ4n) is 2.36. The number of ether oxygens (including phenoxy) is 4. The van der Waals surface area contributed by atoms with Gasteiger partial charge in [0.15, 0.2) is 11.2 Å². The predicted octanol–water partition coefficient (Wildman–Crippen LogP) is 2.19. The van der Waals surface area contributed by atoms with Crippen LogP contribution in [0, 0.1) is 0 Å². The van der Waals surface area contributed by atoms with Crippen molar-refractivity contribution in [3.8, 4) is 16.6 Å². The van der Waals surface area contributed by atoms with Crippen LogP contribution in [0.2, 0.25) is 0 Å². The lowest BCUT2D eigenvalue weighted by Gasteiger charge is -2.24. The maximum atomic E-state index is 11.4. The molecular weight excluding hydrogens is 432 g/mol. The number of hydrogen-bond donors (Lipinski definition) is 3. The smallest absolute Gasteiger partial charge is 0.258 e. The number of nitrogens with two attached hydrogens (primary N) is 1. The molecule has 2 aromatic rings. The highest BCUT2D eigenvalue weighted by atomic mass is 35.5. The second kappa shape index (κ2) is 13.3. The van der Waals surface area contributed by atoms with Gasteiger partial charge >= 0.3 is 0 Å². The van der Waals surface area contributed by atoms with Crippen LogP contribution in [0.15, 0.2) is 41.8 Å². The van der Waals surface area contributed by atoms with Crippen molar-refractivity contribution >= 4 is 29.7 Å². The second-order valence-corrected chi connectivity index (χ2v) is 7.44. The molecule has 4 N–H and O–H groups in total. The zero-order valence-electron chi connectivity index (χ0n) is 17.0. The van der Waals surface area contributed by atoms with Gasteiger partial charge in [0.1, 0.15) is 30.4 Å². The summed E-state index contributed by atoms with van der Waals surface area (Å²) in [5.74, 6) is 0.619. The van der Waals surface area contributed by atoms with E-state index < -0.39 is 17.7 Å². The highest BCUT2D eigenvalue weighted by Crippen LogP contribution is 2.20. The minimum absolute atomic E-state index is 0. The molecule has 1 aromatic heterocycles. The number of methoxy groups -OCH3 is 1. The van der Waals surface area contributed by atoms with E-state index in [0.717, 1.165) is 5.06 Å². The minimum atomic E-state index is -1.17. The molecule has 8 nitrogen and oxygen atoms in total. The number of rotatable bonds is 14. The summed E-state index contributed by atoms with van der Waals surface area (Å²) in [6.07, 6.45) is -0.365. The Bertz CT molecular complexity index is 727. The summed E-state index contributed by atoms with van der Waals surface area (Å²) in [5.41, 5.74) is 4.17. The van der Waals surface area contributed by atoms with E-state index in [0.29, 0.717) is 37.7 Å². The molecule has 0 saturated carbocycles. The van der Waals surface area contributed by atoms with Crippen molar-refractivity contribution in [1.29, 1.82) is 0 Å². The van der Waals surface area contributed by atoms with Gasteiger partial charge in [-0.1, -0.05) is 0 Å². The number of nitrogens with one attached hydrogen (secondary N) is 1. The van der Waals surface area contributed by atoms with Crippen molar-refractivity contribution in [2.45, 2.75) is 25.2 Å². The summed E-state index contributed by atoms with van der Waals surface area (Å²) in [7, 11) is 1.55. The Hall–Kier alpha value is -2.04. The highest BCUT2D eigenvalue weighted by molar-refractivity contribution is 7.11. The number of aliphatic hydroxyl groups is 1. The van der Waals surface area contributed by atoms with Crippen molar-refractivity contribution in [1.82, 2.24) is 5.32 Å². The first-order chi connectivity index (χ1) is 13.9. The molecular formula is C20H29ClN2O6S. The van der Waals surface area contributed by atoms with E-state index in [1.807, 2.05) is 17.5 Å². The Morgan fingerprint density at radius 1 is 1.20 bits per heavy atom. The molecule has 0 aliphatic heterocycles. The van der Waals surface area contributed by atoms with Gasteiger partial charge in [0.2, 0.25) is 0 Å². The third-order valence-corrected chi connectivity index (χ3v) is 4.65. The van der Waals surface area contributed by atoms with E-state index in [9.17, 15) is 9.90 Å². The molecule has 0 spiro atoms. The number of benzene rings is 1. The van der Waals surface area contributed by atoms with Crippen LogP contribution in [0.5, 0.6) is 16.6 Å². The zero-order chi connectivity index (χ0) is 21.1. The summed E-state index contributed by atoms with van der Waals surface area (Å²) in [5, 5.41) is 15.9. The first kappa shape index (κ1) is 26.0. The quantitative estimate of drug-likeness (QED) is 0.292. The fourth-order valence-corrected chi connectivity index (χ4v) is 2.94. The molecule has 30 heavy (non-hydrogen) atoms. The first-order valence-corrected chi connectivity index (χ1v) is 10.1. The van der Waals surface area contributed by atoms with E-state index in [4.69, 9.17) is 24.7 Å². The van der Waals surface area contributed by atoms with Gasteiger partial charge in [0, 0.05) is 20.1 Å². The summed E-state index contributed by atoms with van der Waals surface area (Å²) in [6, 6.07) is 10.6. The number of hydrogen-bond acceptors (Lipinski definition) is 8. The number of carbonyl (C=O) groups excluding carboxylic acids is 1. The van der Waals surface area contributed by atoms with Gasteiger partial charge in [-0.15, -0.1) is 23.7 Å². The Kier molecular flexibility index (Phi) is 11.5. The highest BCUT2D eigenvalue weighted by Gasteiger charge is 2.20. The molecule has 168 valence electrons. The molecule has 2 unspecified atom stereocenters. The van der Waals surface area contributed by atoms with Crippen LogP contribution < -0.4 is 25.3 Å². The Labute approximate surface area is 186 Å². The summed E-state index contributed by atoms with van der Waals surface area (Å²) in [4.78, 5) is 11.4. The van der Waals surface area contributed by atoms with Crippen LogP contribution in [-0.4, -0.2) is 56.3 Å². The van der Waals surface area contributed by atoms with Gasteiger partial charge in [0.25, 0.3) is 5.91 Å². The summed E-state index contributed by atoms with van der Waals surface area (Å²) >= 11 is 1.47. The van der Waals surface area contributed by atoms with Crippen LogP contribution in [0.3, 0.4) is 0 Å². The lowest BCUT2D eigenvalue weighted by Crippen LogP contribution is -2.48. The van der Waals surface area contributed by atoms with Gasteiger partial charge in [-0.3, -0.25) is 10.1 Å². The molecule has 0 saturated heterocycles. The number of thiophene rings is 1. The SMILES string of the molecule is COCCC(Oc1ccc(OCCNC(C)(O)COc2cccs2)cc1)C(N)=O.Cl. The van der Waals surface area contributed by atoms with Crippen LogP contribution >= 0.6 is 23.7 Å². The number of halogens is 1. The van der Waals surface area contributed by atoms with Crippen LogP contribution in [0.25, 0.3) is 0 Å². The molecule has 0 aliphatic carbocycles. The van der Waals surface area contributed by atoms with Crippen LogP contribution in [-0.2, 0) is 9.53 Å². The van der Waals surface area contributed by atoms with Crippen LogP contribution in [0.4, 0.5) is 0 Å². The molecule has 0 bridgehead atoms. The number of primary amides is 1. The van der Waals surface area contributed by atoms with Crippen molar-refractivity contribution in [2.75, 3.05) is 33.5 Å². The van der Waals surface area contributed by atoms with Gasteiger partial charge in [0.05, 0.1) is 6.61 Å². The van der Waals surface area contributed by atoms with Crippen molar-refractivity contribution in [3.05, 3.63) is 41.8 Å². The van der Waals surface area contributed by atoms with Gasteiger partial charge < -0.3 is 29.8 Å². The molecule has 10 heteroatoms. The lowest BCUT2D eigenvalue weighted by molar-refractivity contribution is -0.125. The average molecular weight is 461 g/mol. The molecule has 1 amide bonds. The minimum Gasteiger partial charge on any atom is -0.492 e. The van der Waals surface area contributed by atoms with Crippen molar-refractivity contribution < 1.29 is 28.8 Å². The predicted molar refractivity (Wildman–Crippen MR) is 118 cm³/mol. The summed E-state index contributed by atoms with van der Waals surface area (Å²) < 4.78 is 21.7. The third kappa shape index (κ3) is 9.64. The average Bonchev–Trinajstić information content (AvgIpc) is 3.22. The van der Waals surface area contributed by atoms with Gasteiger partial charge in [-0.25, -0.2) is 0 Å². The molecule has 2 atom stereocenters. The molecule has 1 heterocycles. The van der Waals surface area contributed by atoms with E-state index in [1.165, 1.54) is 11.3 Å². The molecule has 1 aromatic carbocycles. The van der Waals surface area contributed by atoms with E-state index in [2.05, 4.69) is 5.32 Å². The third-order valence-electron chi connectivity index (χ3n) is 3.87. The normalized spacial score (nSPS) is 13.6. The molecule has 2 rings (SSSR count). The molecule has 0 aliphatic rings. The van der Waals surface area contributed by atoms with Gasteiger partial charge in [-0.05, 0) is 48.7 Å². The first-order valence-electron chi connectivity index (χ1n) is 9.21. The van der Waals surface area contributed by atoms with Gasteiger partial charge in [-0.2, -0.15) is 0 Å². The van der Waals surface area contributed by atoms with Crippen molar-refractivity contribution in [3.63, 3.8) is 0 Å². The van der Waals surface area contributed by atoms with E-state index in [-0.39, 0.29) is 19.0 Å². The lowest BCUT2D eigenvalue weighted by atomic mass is 10.2. The Morgan fingerprint density at radius 3 is 2.50 bits per heavy atom. The Morgan fingerprint density at radius 2 is 1.90 bits per heavy atom. The number of carbonyl (C=O) groups is 1. The Balaban J connectivity index is 0.00000450. The van der Waals surface area contributed by atoms with Crippen LogP contribution in [0.1, 0.15) is 13.3 Å². The second-order valence-electron chi connectivity index (χ2n) is 6.53. The number of amides is 1. The maximum Gasteiger partial charge on any atom is 0.258 e. The molecule has 0 radical (unpaired) electrons. The zero-order valence-corrected chi connectivity index (χ0v) is 18.7. The maximum absolute atomic E-state index is 11.4. The molecule has 0 fully saturated rings. The monoisotopic (exact) mass is 460 g/mol. The standard InChI is InChI=1S/C20H28N2O6S.ClH/c1-20(24,14-27-18-4-3-13-29-18)22-10-12-26-15-5-7-16(8-6-15)28-17(19(21)23)9-11-25-2;/h3-8,13,17,22,24H,9-12,14H2,1-2H3,(H2,21,23);1H. The van der Waals surface area contributed by atoms with E-state index in [1.54, 1.807) is 38.3 Å². The fraction of sp³-hybridized carbons (Fsp3) is 0.450. The summed E-state index contributed by atoms with van der Waals surface area (Å²) in [6.45, 7) is 2.94. The van der Waals surface area contributed by atoms with E-state index >= 15 is 0 Å².